The molecule has 0 unspecified atom stereocenters. The van der Waals surface area contributed by atoms with E-state index in [1.807, 2.05) is 47.8 Å². The third kappa shape index (κ3) is 3.75. The molecule has 3 rings (SSSR count). The number of benzene rings is 1. The molecule has 0 fully saturated rings. The van der Waals surface area contributed by atoms with Crippen molar-refractivity contribution in [3.05, 3.63) is 59.9 Å². The van der Waals surface area contributed by atoms with Crippen molar-refractivity contribution >= 4 is 28.0 Å². The molecule has 0 saturated carbocycles. The number of nitrogens with one attached hydrogen (secondary N) is 1. The number of hydrogen-bond acceptors (Lipinski definition) is 5. The summed E-state index contributed by atoms with van der Waals surface area (Å²) in [7, 11) is -1.14. The number of rotatable bonds is 6. The third-order valence-electron chi connectivity index (χ3n) is 3.11. The van der Waals surface area contributed by atoms with Gasteiger partial charge >= 0.3 is 0 Å². The maximum absolute atomic E-state index is 12.2. The number of aromatic nitrogens is 1. The molecular formula is C16H14N2O3S2. The molecular weight excluding hydrogens is 332 g/mol. The monoisotopic (exact) mass is 346 g/mol. The van der Waals surface area contributed by atoms with Gasteiger partial charge in [0.2, 0.25) is 0 Å². The van der Waals surface area contributed by atoms with E-state index in [0.29, 0.717) is 18.1 Å². The summed E-state index contributed by atoms with van der Waals surface area (Å²) in [4.78, 5) is 17.8. The van der Waals surface area contributed by atoms with Crippen molar-refractivity contribution in [1.82, 2.24) is 10.3 Å². The molecule has 1 aromatic carbocycles. The van der Waals surface area contributed by atoms with Gasteiger partial charge in [0.05, 0.1) is 15.7 Å². The minimum atomic E-state index is -1.14. The van der Waals surface area contributed by atoms with Crippen LogP contribution in [-0.4, -0.2) is 27.4 Å². The molecule has 1 amide bonds. The van der Waals surface area contributed by atoms with Crippen molar-refractivity contribution in [1.29, 1.82) is 0 Å². The summed E-state index contributed by atoms with van der Waals surface area (Å²) in [6.07, 6.45) is 1.26. The Kier molecular flexibility index (Phi) is 4.99. The van der Waals surface area contributed by atoms with Gasteiger partial charge < -0.3 is 9.73 Å². The zero-order chi connectivity index (χ0) is 16.1. The summed E-state index contributed by atoms with van der Waals surface area (Å²) < 4.78 is 17.4. The standard InChI is InChI=1S/C16H14N2O3S2/c19-16(14-15(21-11-18-14)13-7-4-9-22-13)17-8-10-23(20)12-5-2-1-3-6-12/h1-7,9,11H,8,10H2,(H,17,19)/t23-/m0/s1. The zero-order valence-corrected chi connectivity index (χ0v) is 13.7. The molecule has 5 nitrogen and oxygen atoms in total. The molecule has 0 bridgehead atoms. The lowest BCUT2D eigenvalue weighted by molar-refractivity contribution is 0.0952. The quantitative estimate of drug-likeness (QED) is 0.745. The van der Waals surface area contributed by atoms with Crippen LogP contribution in [-0.2, 0) is 10.8 Å². The van der Waals surface area contributed by atoms with Crippen LogP contribution in [0.1, 0.15) is 10.5 Å². The van der Waals surface area contributed by atoms with Crippen molar-refractivity contribution in [3.8, 4) is 10.6 Å². The number of oxazole rings is 1. The SMILES string of the molecule is O=C(NCC[S@](=O)c1ccccc1)c1ncoc1-c1cccs1. The average Bonchev–Trinajstić information content (AvgIpc) is 3.26. The average molecular weight is 346 g/mol. The number of amides is 1. The molecule has 7 heteroatoms. The van der Waals surface area contributed by atoms with E-state index in [2.05, 4.69) is 10.3 Å². The van der Waals surface area contributed by atoms with E-state index in [9.17, 15) is 9.00 Å². The van der Waals surface area contributed by atoms with Crippen LogP contribution >= 0.6 is 11.3 Å². The van der Waals surface area contributed by atoms with Gasteiger partial charge in [0.1, 0.15) is 0 Å². The Bertz CT molecular complexity index is 798. The van der Waals surface area contributed by atoms with Crippen LogP contribution in [0.4, 0.5) is 0 Å². The molecule has 2 heterocycles. The van der Waals surface area contributed by atoms with Crippen molar-refractivity contribution in [2.24, 2.45) is 0 Å². The Hall–Kier alpha value is -2.25. The fraction of sp³-hybridized carbons (Fsp3) is 0.125. The van der Waals surface area contributed by atoms with Gasteiger partial charge in [-0.1, -0.05) is 24.3 Å². The summed E-state index contributed by atoms with van der Waals surface area (Å²) >= 11 is 1.48. The van der Waals surface area contributed by atoms with Crippen LogP contribution in [0.15, 0.2) is 63.6 Å². The van der Waals surface area contributed by atoms with Crippen molar-refractivity contribution in [2.45, 2.75) is 4.90 Å². The van der Waals surface area contributed by atoms with E-state index >= 15 is 0 Å². The number of hydrogen-bond donors (Lipinski definition) is 1. The van der Waals surface area contributed by atoms with Gasteiger partial charge in [-0.25, -0.2) is 4.98 Å². The van der Waals surface area contributed by atoms with Gasteiger partial charge in [-0.15, -0.1) is 11.3 Å². The smallest absolute Gasteiger partial charge is 0.273 e. The first-order chi connectivity index (χ1) is 11.3. The van der Waals surface area contributed by atoms with Gasteiger partial charge in [-0.2, -0.15) is 0 Å². The molecule has 0 aliphatic heterocycles. The number of carbonyl (C=O) groups is 1. The van der Waals surface area contributed by atoms with Crippen LogP contribution in [0.25, 0.3) is 10.6 Å². The van der Waals surface area contributed by atoms with E-state index in [1.165, 1.54) is 17.7 Å². The van der Waals surface area contributed by atoms with Crippen LogP contribution in [0.2, 0.25) is 0 Å². The van der Waals surface area contributed by atoms with E-state index in [0.717, 1.165) is 9.77 Å². The summed E-state index contributed by atoms with van der Waals surface area (Å²) in [6, 6.07) is 12.9. The Morgan fingerprint density at radius 1 is 1.22 bits per heavy atom. The van der Waals surface area contributed by atoms with Crippen molar-refractivity contribution in [2.75, 3.05) is 12.3 Å². The molecule has 0 radical (unpaired) electrons. The van der Waals surface area contributed by atoms with Crippen LogP contribution in [0.5, 0.6) is 0 Å². The minimum Gasteiger partial charge on any atom is -0.442 e. The number of nitrogens with zero attached hydrogens (tertiary/aromatic N) is 1. The molecule has 0 spiro atoms. The molecule has 1 N–H and O–H groups in total. The molecule has 3 aromatic rings. The highest BCUT2D eigenvalue weighted by Gasteiger charge is 2.18. The van der Waals surface area contributed by atoms with Crippen molar-refractivity contribution < 1.29 is 13.4 Å². The Labute approximate surface area is 139 Å². The molecule has 23 heavy (non-hydrogen) atoms. The summed E-state index contributed by atoms with van der Waals surface area (Å²) in [6.45, 7) is 0.303. The molecule has 0 saturated heterocycles. The first-order valence-corrected chi connectivity index (χ1v) is 9.14. The fourth-order valence-electron chi connectivity index (χ4n) is 2.02. The molecule has 0 aliphatic carbocycles. The van der Waals surface area contributed by atoms with Gasteiger partial charge in [0.25, 0.3) is 5.91 Å². The minimum absolute atomic E-state index is 0.248. The molecule has 118 valence electrons. The maximum Gasteiger partial charge on any atom is 0.273 e. The van der Waals surface area contributed by atoms with Crippen LogP contribution in [0.3, 0.4) is 0 Å². The van der Waals surface area contributed by atoms with E-state index < -0.39 is 10.8 Å². The molecule has 0 aliphatic rings. The van der Waals surface area contributed by atoms with E-state index in [4.69, 9.17) is 4.42 Å². The Morgan fingerprint density at radius 2 is 2.04 bits per heavy atom. The second-order valence-electron chi connectivity index (χ2n) is 4.63. The highest BCUT2D eigenvalue weighted by Crippen LogP contribution is 2.27. The third-order valence-corrected chi connectivity index (χ3v) is 5.35. The fourth-order valence-corrected chi connectivity index (χ4v) is 3.72. The number of carbonyl (C=O) groups excluding carboxylic acids is 1. The van der Waals surface area contributed by atoms with Crippen molar-refractivity contribution in [3.63, 3.8) is 0 Å². The van der Waals surface area contributed by atoms with E-state index in [-0.39, 0.29) is 11.6 Å². The van der Waals surface area contributed by atoms with Gasteiger partial charge in [0.15, 0.2) is 17.8 Å². The zero-order valence-electron chi connectivity index (χ0n) is 12.1. The van der Waals surface area contributed by atoms with Crippen LogP contribution < -0.4 is 5.32 Å². The lowest BCUT2D eigenvalue weighted by Crippen LogP contribution is -2.28. The molecule has 2 aromatic heterocycles. The Morgan fingerprint density at radius 3 is 2.78 bits per heavy atom. The number of thiophene rings is 1. The highest BCUT2D eigenvalue weighted by atomic mass is 32.2. The van der Waals surface area contributed by atoms with Crippen LogP contribution in [0, 0.1) is 0 Å². The lowest BCUT2D eigenvalue weighted by atomic mass is 10.3. The second kappa shape index (κ2) is 7.34. The maximum atomic E-state index is 12.2. The topological polar surface area (TPSA) is 72.2 Å². The summed E-state index contributed by atoms with van der Waals surface area (Å²) in [5, 5.41) is 4.64. The van der Waals surface area contributed by atoms with Gasteiger partial charge in [-0.05, 0) is 23.6 Å². The Balaban J connectivity index is 1.59. The largest absolute Gasteiger partial charge is 0.442 e. The first kappa shape index (κ1) is 15.6. The summed E-state index contributed by atoms with van der Waals surface area (Å²) in [5.41, 5.74) is 0.248. The highest BCUT2D eigenvalue weighted by molar-refractivity contribution is 7.85. The predicted molar refractivity (Wildman–Crippen MR) is 89.9 cm³/mol. The normalized spacial score (nSPS) is 12.0. The molecule has 1 atom stereocenters. The summed E-state index contributed by atoms with van der Waals surface area (Å²) in [5.74, 6) is 0.482. The van der Waals surface area contributed by atoms with E-state index in [1.54, 1.807) is 0 Å². The first-order valence-electron chi connectivity index (χ1n) is 6.94. The second-order valence-corrected chi connectivity index (χ2v) is 7.14. The predicted octanol–water partition coefficient (Wildman–Crippen LogP) is 2.94. The lowest BCUT2D eigenvalue weighted by Gasteiger charge is -2.04. The van der Waals surface area contributed by atoms with Gasteiger partial charge in [0, 0.05) is 17.2 Å². The van der Waals surface area contributed by atoms with Gasteiger partial charge in [-0.3, -0.25) is 9.00 Å².